The van der Waals surface area contributed by atoms with E-state index in [0.717, 1.165) is 5.56 Å². The van der Waals surface area contributed by atoms with Gasteiger partial charge in [0.25, 0.3) is 0 Å². The molecule has 2 N–H and O–H groups in total. The van der Waals surface area contributed by atoms with Crippen LogP contribution in [0, 0.1) is 5.82 Å². The van der Waals surface area contributed by atoms with Gasteiger partial charge in [0.15, 0.2) is 0 Å². The molecule has 0 atom stereocenters. The fourth-order valence-electron chi connectivity index (χ4n) is 1.79. The monoisotopic (exact) mass is 374 g/mol. The first-order chi connectivity index (χ1) is 9.98. The van der Waals surface area contributed by atoms with Crippen LogP contribution in [0.5, 0.6) is 0 Å². The van der Waals surface area contributed by atoms with Crippen LogP contribution in [-0.2, 0) is 11.3 Å². The summed E-state index contributed by atoms with van der Waals surface area (Å²) in [6.45, 7) is 10.4. The van der Waals surface area contributed by atoms with Gasteiger partial charge in [0.05, 0.1) is 10.0 Å². The van der Waals surface area contributed by atoms with Crippen molar-refractivity contribution in [3.63, 3.8) is 0 Å². The molecule has 1 rings (SSSR count). The molecule has 0 bridgehead atoms. The number of carbonyl (C=O) groups excluding carboxylic acids is 1. The molecule has 4 nitrogen and oxygen atoms in total. The van der Waals surface area contributed by atoms with E-state index in [4.69, 9.17) is 4.74 Å². The summed E-state index contributed by atoms with van der Waals surface area (Å²) in [6.07, 6.45) is -0.441. The Morgan fingerprint density at radius 1 is 1.27 bits per heavy atom. The summed E-state index contributed by atoms with van der Waals surface area (Å²) in [5, 5.41) is 6.07. The molecule has 0 saturated carbocycles. The minimum Gasteiger partial charge on any atom is -0.444 e. The number of alkyl carbamates (subject to hydrolysis) is 1. The van der Waals surface area contributed by atoms with Crippen molar-refractivity contribution in [3.05, 3.63) is 34.1 Å². The summed E-state index contributed by atoms with van der Waals surface area (Å²) < 4.78 is 18.8. The average molecular weight is 375 g/mol. The number of hydrogen-bond acceptors (Lipinski definition) is 3. The van der Waals surface area contributed by atoms with Gasteiger partial charge >= 0.3 is 6.09 Å². The van der Waals surface area contributed by atoms with E-state index < -0.39 is 17.2 Å². The summed E-state index contributed by atoms with van der Waals surface area (Å²) >= 11 is 3.16. The lowest BCUT2D eigenvalue weighted by Crippen LogP contribution is -2.51. The van der Waals surface area contributed by atoms with Gasteiger partial charge in [0.1, 0.15) is 11.4 Å². The zero-order valence-electron chi connectivity index (χ0n) is 13.7. The second kappa shape index (κ2) is 7.42. The van der Waals surface area contributed by atoms with Crippen molar-refractivity contribution in [2.75, 3.05) is 6.54 Å². The molecule has 0 aliphatic heterocycles. The summed E-state index contributed by atoms with van der Waals surface area (Å²) in [7, 11) is 0. The highest BCUT2D eigenvalue weighted by molar-refractivity contribution is 9.10. The zero-order valence-corrected chi connectivity index (χ0v) is 15.3. The van der Waals surface area contributed by atoms with E-state index in [1.807, 2.05) is 34.6 Å². The maximum Gasteiger partial charge on any atom is 0.408 e. The average Bonchev–Trinajstić information content (AvgIpc) is 2.30. The zero-order chi connectivity index (χ0) is 17.0. The molecule has 0 aliphatic carbocycles. The number of benzene rings is 1. The van der Waals surface area contributed by atoms with Crippen LogP contribution in [0.1, 0.15) is 40.2 Å². The number of hydrogen-bond donors (Lipinski definition) is 2. The molecule has 6 heteroatoms. The minimum atomic E-state index is -0.520. The van der Waals surface area contributed by atoms with Crippen LogP contribution in [0.25, 0.3) is 0 Å². The summed E-state index contributed by atoms with van der Waals surface area (Å²) in [5.41, 5.74) is -0.0190. The van der Waals surface area contributed by atoms with Crippen molar-refractivity contribution in [1.29, 1.82) is 0 Å². The summed E-state index contributed by atoms with van der Waals surface area (Å²) in [6, 6.07) is 4.88. The first-order valence-corrected chi connectivity index (χ1v) is 7.94. The van der Waals surface area contributed by atoms with Crippen LogP contribution in [-0.4, -0.2) is 23.8 Å². The van der Waals surface area contributed by atoms with Gasteiger partial charge in [-0.05, 0) is 68.2 Å². The third-order valence-corrected chi connectivity index (χ3v) is 3.33. The van der Waals surface area contributed by atoms with Crippen molar-refractivity contribution in [3.8, 4) is 0 Å². The fourth-order valence-corrected chi connectivity index (χ4v) is 2.22. The highest BCUT2D eigenvalue weighted by Crippen LogP contribution is 2.16. The van der Waals surface area contributed by atoms with Crippen LogP contribution in [0.3, 0.4) is 0 Å². The fraction of sp³-hybridized carbons (Fsp3) is 0.562. The normalized spacial score (nSPS) is 12.1. The second-order valence-electron chi connectivity index (χ2n) is 6.86. The molecular formula is C16H24BrFN2O2. The molecule has 1 aromatic rings. The lowest BCUT2D eigenvalue weighted by atomic mass is 10.1. The van der Waals surface area contributed by atoms with Gasteiger partial charge in [0, 0.05) is 13.1 Å². The number of rotatable bonds is 5. The number of nitrogens with one attached hydrogen (secondary N) is 2. The Morgan fingerprint density at radius 3 is 2.45 bits per heavy atom. The minimum absolute atomic E-state index is 0.282. The number of carbonyl (C=O) groups is 1. The molecule has 0 saturated heterocycles. The standard InChI is InChI=1S/C16H24BrFN2O2/c1-15(2,3)22-14(21)20-16(4,5)10-19-9-11-6-7-13(18)12(17)8-11/h6-8,19H,9-10H2,1-5H3,(H,20,21). The Kier molecular flexibility index (Phi) is 6.38. The molecule has 0 spiro atoms. The van der Waals surface area contributed by atoms with E-state index in [0.29, 0.717) is 17.6 Å². The maximum absolute atomic E-state index is 13.2. The first-order valence-electron chi connectivity index (χ1n) is 7.14. The summed E-state index contributed by atoms with van der Waals surface area (Å²) in [4.78, 5) is 11.8. The topological polar surface area (TPSA) is 50.4 Å². The Morgan fingerprint density at radius 2 is 1.91 bits per heavy atom. The number of ether oxygens (including phenoxy) is 1. The van der Waals surface area contributed by atoms with Crippen LogP contribution in [0.4, 0.5) is 9.18 Å². The van der Waals surface area contributed by atoms with E-state index in [1.165, 1.54) is 6.07 Å². The third-order valence-electron chi connectivity index (χ3n) is 2.72. The lowest BCUT2D eigenvalue weighted by molar-refractivity contribution is 0.0472. The summed E-state index contributed by atoms with van der Waals surface area (Å²) in [5.74, 6) is -0.282. The predicted molar refractivity (Wildman–Crippen MR) is 89.3 cm³/mol. The van der Waals surface area contributed by atoms with Crippen LogP contribution in [0.2, 0.25) is 0 Å². The van der Waals surface area contributed by atoms with Crippen molar-refractivity contribution in [1.82, 2.24) is 10.6 Å². The van der Waals surface area contributed by atoms with E-state index >= 15 is 0 Å². The molecule has 1 amide bonds. The predicted octanol–water partition coefficient (Wildman–Crippen LogP) is 3.98. The van der Waals surface area contributed by atoms with Gasteiger partial charge in [-0.15, -0.1) is 0 Å². The van der Waals surface area contributed by atoms with Gasteiger partial charge in [-0.2, -0.15) is 0 Å². The molecule has 0 aromatic heterocycles. The largest absolute Gasteiger partial charge is 0.444 e. The highest BCUT2D eigenvalue weighted by atomic mass is 79.9. The lowest BCUT2D eigenvalue weighted by Gasteiger charge is -2.29. The highest BCUT2D eigenvalue weighted by Gasteiger charge is 2.24. The van der Waals surface area contributed by atoms with Gasteiger partial charge in [-0.3, -0.25) is 0 Å². The van der Waals surface area contributed by atoms with E-state index in [1.54, 1.807) is 12.1 Å². The van der Waals surface area contributed by atoms with E-state index in [2.05, 4.69) is 26.6 Å². The van der Waals surface area contributed by atoms with Gasteiger partial charge < -0.3 is 15.4 Å². The maximum atomic E-state index is 13.2. The molecule has 0 heterocycles. The van der Waals surface area contributed by atoms with Crippen molar-refractivity contribution in [2.45, 2.75) is 52.3 Å². The number of halogens is 2. The van der Waals surface area contributed by atoms with Gasteiger partial charge in [-0.25, -0.2) is 9.18 Å². The Labute approximate surface area is 139 Å². The quantitative estimate of drug-likeness (QED) is 0.819. The van der Waals surface area contributed by atoms with Gasteiger partial charge in [0.2, 0.25) is 0 Å². The molecule has 22 heavy (non-hydrogen) atoms. The molecular weight excluding hydrogens is 351 g/mol. The molecule has 0 unspecified atom stereocenters. The smallest absolute Gasteiger partial charge is 0.408 e. The van der Waals surface area contributed by atoms with Crippen molar-refractivity contribution < 1.29 is 13.9 Å². The molecule has 1 aromatic carbocycles. The van der Waals surface area contributed by atoms with Gasteiger partial charge in [-0.1, -0.05) is 6.07 Å². The molecule has 124 valence electrons. The third kappa shape index (κ3) is 7.22. The molecule has 0 radical (unpaired) electrons. The Bertz CT molecular complexity index is 527. The van der Waals surface area contributed by atoms with E-state index in [-0.39, 0.29) is 5.82 Å². The second-order valence-corrected chi connectivity index (χ2v) is 7.72. The SMILES string of the molecule is CC(C)(CNCc1ccc(F)c(Br)c1)NC(=O)OC(C)(C)C. The molecule has 0 fully saturated rings. The Hall–Kier alpha value is -1.14. The van der Waals surface area contributed by atoms with Crippen LogP contribution in [0.15, 0.2) is 22.7 Å². The number of amides is 1. The van der Waals surface area contributed by atoms with Crippen molar-refractivity contribution in [2.24, 2.45) is 0 Å². The van der Waals surface area contributed by atoms with Crippen LogP contribution >= 0.6 is 15.9 Å². The Balaban J connectivity index is 2.45. The van der Waals surface area contributed by atoms with E-state index in [9.17, 15) is 9.18 Å². The molecule has 0 aliphatic rings. The first kappa shape index (κ1) is 18.9. The van der Waals surface area contributed by atoms with Crippen molar-refractivity contribution >= 4 is 22.0 Å². The van der Waals surface area contributed by atoms with Crippen LogP contribution < -0.4 is 10.6 Å².